The molecule has 0 aliphatic heterocycles. The Kier molecular flexibility index (Phi) is 3.91. The highest BCUT2D eigenvalue weighted by Crippen LogP contribution is 2.72. The second kappa shape index (κ2) is 5.87. The zero-order valence-corrected chi connectivity index (χ0v) is 16.0. The molecule has 3 nitrogen and oxygen atoms in total. The first-order valence-electron chi connectivity index (χ1n) is 8.71. The van der Waals surface area contributed by atoms with Crippen molar-refractivity contribution < 1.29 is 14.6 Å². The van der Waals surface area contributed by atoms with E-state index in [0.717, 1.165) is 22.2 Å². The van der Waals surface area contributed by atoms with Crippen LogP contribution >= 0.6 is 15.9 Å². The minimum atomic E-state index is -0.638. The topological polar surface area (TPSA) is 46.5 Å². The highest BCUT2D eigenvalue weighted by atomic mass is 79.9. The van der Waals surface area contributed by atoms with Gasteiger partial charge in [-0.1, -0.05) is 41.1 Å². The lowest BCUT2D eigenvalue weighted by Gasteiger charge is -2.16. The maximum atomic E-state index is 11.7. The fraction of sp³-hybridized carbons (Fsp3) is 0.381. The third-order valence-electron chi connectivity index (χ3n) is 6.02. The Morgan fingerprint density at radius 1 is 1.32 bits per heavy atom. The second-order valence-corrected chi connectivity index (χ2v) is 8.07. The number of carboxylic acids is 1. The second-order valence-electron chi connectivity index (χ2n) is 7.22. The molecule has 0 unspecified atom stereocenters. The van der Waals surface area contributed by atoms with Crippen molar-refractivity contribution in [2.75, 3.05) is 0 Å². The summed E-state index contributed by atoms with van der Waals surface area (Å²) in [5, 5.41) is 9.61. The van der Waals surface area contributed by atoms with Gasteiger partial charge in [0.15, 0.2) is 0 Å². The van der Waals surface area contributed by atoms with Crippen molar-refractivity contribution >= 4 is 21.9 Å². The van der Waals surface area contributed by atoms with Crippen LogP contribution in [0.4, 0.5) is 0 Å². The van der Waals surface area contributed by atoms with Gasteiger partial charge in [0.2, 0.25) is 0 Å². The van der Waals surface area contributed by atoms with Crippen molar-refractivity contribution in [3.63, 3.8) is 0 Å². The van der Waals surface area contributed by atoms with Crippen LogP contribution in [0.15, 0.2) is 40.9 Å². The quantitative estimate of drug-likeness (QED) is 0.760. The Morgan fingerprint density at radius 3 is 2.80 bits per heavy atom. The molecule has 25 heavy (non-hydrogen) atoms. The molecule has 4 rings (SSSR count). The van der Waals surface area contributed by atoms with Crippen molar-refractivity contribution in [1.82, 2.24) is 0 Å². The van der Waals surface area contributed by atoms with Gasteiger partial charge < -0.3 is 9.84 Å². The predicted octanol–water partition coefficient (Wildman–Crippen LogP) is 5.09. The van der Waals surface area contributed by atoms with Gasteiger partial charge in [-0.25, -0.2) is 0 Å². The lowest BCUT2D eigenvalue weighted by atomic mass is 9.89. The summed E-state index contributed by atoms with van der Waals surface area (Å²) in [4.78, 5) is 11.7. The molecule has 2 aliphatic rings. The number of aryl methyl sites for hydroxylation is 1. The maximum Gasteiger partial charge on any atom is 0.310 e. The van der Waals surface area contributed by atoms with E-state index < -0.39 is 11.4 Å². The molecule has 0 amide bonds. The van der Waals surface area contributed by atoms with Gasteiger partial charge in [0.25, 0.3) is 0 Å². The molecule has 4 heteroatoms. The zero-order valence-electron chi connectivity index (χ0n) is 14.4. The molecule has 1 saturated carbocycles. The normalized spacial score (nSPS) is 26.0. The average Bonchev–Trinajstić information content (AvgIpc) is 3.08. The summed E-state index contributed by atoms with van der Waals surface area (Å²) < 4.78 is 7.04. The molecule has 1 N–H and O–H groups in total. The first-order valence-corrected chi connectivity index (χ1v) is 9.50. The van der Waals surface area contributed by atoms with E-state index >= 15 is 0 Å². The number of hydrogen-bond acceptors (Lipinski definition) is 2. The molecule has 0 saturated heterocycles. The van der Waals surface area contributed by atoms with Crippen molar-refractivity contribution in [1.29, 1.82) is 0 Å². The Morgan fingerprint density at radius 2 is 2.12 bits per heavy atom. The van der Waals surface area contributed by atoms with E-state index in [-0.39, 0.29) is 11.8 Å². The number of rotatable bonds is 5. The SMILES string of the molecule is CC[C@]1(C(=O)O)[C@@H]2Cc3cc(OCc4ccc(C)c(Br)c4)ccc3[C@H]21. The molecule has 0 aromatic heterocycles. The van der Waals surface area contributed by atoms with Crippen LogP contribution in [0.5, 0.6) is 5.75 Å². The summed E-state index contributed by atoms with van der Waals surface area (Å²) in [5.74, 6) is 0.663. The van der Waals surface area contributed by atoms with E-state index in [4.69, 9.17) is 4.74 Å². The summed E-state index contributed by atoms with van der Waals surface area (Å²) in [6, 6.07) is 12.4. The zero-order chi connectivity index (χ0) is 17.8. The molecule has 2 aromatic rings. The van der Waals surface area contributed by atoms with E-state index in [1.54, 1.807) is 0 Å². The van der Waals surface area contributed by atoms with Crippen LogP contribution in [0.25, 0.3) is 0 Å². The highest BCUT2D eigenvalue weighted by molar-refractivity contribution is 9.10. The molecule has 3 atom stereocenters. The first-order chi connectivity index (χ1) is 12.0. The molecule has 1 fully saturated rings. The highest BCUT2D eigenvalue weighted by Gasteiger charge is 2.71. The maximum absolute atomic E-state index is 11.7. The van der Waals surface area contributed by atoms with Crippen molar-refractivity contribution in [3.05, 3.63) is 63.1 Å². The Bertz CT molecular complexity index is 860. The smallest absolute Gasteiger partial charge is 0.310 e. The van der Waals surface area contributed by atoms with E-state index in [1.165, 1.54) is 16.7 Å². The van der Waals surface area contributed by atoms with Crippen molar-refractivity contribution in [2.45, 2.75) is 39.2 Å². The van der Waals surface area contributed by atoms with Crippen molar-refractivity contribution in [2.24, 2.45) is 11.3 Å². The van der Waals surface area contributed by atoms with Crippen LogP contribution in [-0.2, 0) is 17.8 Å². The van der Waals surface area contributed by atoms with Gasteiger partial charge in [0.1, 0.15) is 12.4 Å². The molecule has 2 aliphatic carbocycles. The van der Waals surface area contributed by atoms with Gasteiger partial charge in [-0.05, 0) is 66.1 Å². The standard InChI is InChI=1S/C21H21BrO3/c1-3-21(20(23)24)17-10-14-9-15(6-7-16(14)19(17)21)25-11-13-5-4-12(2)18(22)8-13/h4-9,17,19H,3,10-11H2,1-2H3,(H,23,24)/t17-,19-,21+/m1/s1. The monoisotopic (exact) mass is 400 g/mol. The number of ether oxygens (including phenoxy) is 1. The summed E-state index contributed by atoms with van der Waals surface area (Å²) in [5.41, 5.74) is 4.27. The minimum absolute atomic E-state index is 0.187. The molecule has 2 aromatic carbocycles. The Labute approximate surface area is 156 Å². The van der Waals surface area contributed by atoms with Gasteiger partial charge in [0, 0.05) is 10.4 Å². The van der Waals surface area contributed by atoms with E-state index in [9.17, 15) is 9.90 Å². The van der Waals surface area contributed by atoms with Gasteiger partial charge in [-0.2, -0.15) is 0 Å². The van der Waals surface area contributed by atoms with Gasteiger partial charge in [-0.3, -0.25) is 4.79 Å². The number of halogens is 1. The van der Waals surface area contributed by atoms with Crippen LogP contribution in [0.2, 0.25) is 0 Å². The van der Waals surface area contributed by atoms with Crippen molar-refractivity contribution in [3.8, 4) is 5.75 Å². The molecular formula is C21H21BrO3. The number of benzene rings is 2. The Balaban J connectivity index is 1.49. The van der Waals surface area contributed by atoms with Crippen LogP contribution < -0.4 is 4.74 Å². The molecule has 0 bridgehead atoms. The number of carbonyl (C=O) groups is 1. The molecule has 130 valence electrons. The Hall–Kier alpha value is -1.81. The first kappa shape index (κ1) is 16.6. The molecule has 0 spiro atoms. The number of aliphatic carboxylic acids is 1. The summed E-state index contributed by atoms with van der Waals surface area (Å²) in [7, 11) is 0. The van der Waals surface area contributed by atoms with Crippen LogP contribution in [0.1, 0.15) is 41.5 Å². The largest absolute Gasteiger partial charge is 0.489 e. The molecular weight excluding hydrogens is 380 g/mol. The average molecular weight is 401 g/mol. The third kappa shape index (κ3) is 2.50. The fourth-order valence-electron chi connectivity index (χ4n) is 4.52. The van der Waals surface area contributed by atoms with Gasteiger partial charge >= 0.3 is 5.97 Å². The van der Waals surface area contributed by atoms with Gasteiger partial charge in [-0.15, -0.1) is 0 Å². The van der Waals surface area contributed by atoms with Gasteiger partial charge in [0.05, 0.1) is 5.41 Å². The van der Waals surface area contributed by atoms with Crippen LogP contribution in [-0.4, -0.2) is 11.1 Å². The molecule has 0 radical (unpaired) electrons. The summed E-state index contributed by atoms with van der Waals surface area (Å²) in [6.45, 7) is 4.58. The number of hydrogen-bond donors (Lipinski definition) is 1. The predicted molar refractivity (Wildman–Crippen MR) is 99.9 cm³/mol. The van der Waals surface area contributed by atoms with Crippen LogP contribution in [0, 0.1) is 18.3 Å². The van der Waals surface area contributed by atoms with Crippen LogP contribution in [0.3, 0.4) is 0 Å². The lowest BCUT2D eigenvalue weighted by molar-refractivity contribution is -0.144. The minimum Gasteiger partial charge on any atom is -0.489 e. The fourth-order valence-corrected chi connectivity index (χ4v) is 4.95. The van der Waals surface area contributed by atoms with E-state index in [2.05, 4.69) is 53.2 Å². The summed E-state index contributed by atoms with van der Waals surface area (Å²) in [6.07, 6.45) is 1.56. The lowest BCUT2D eigenvalue weighted by Crippen LogP contribution is -2.20. The van der Waals surface area contributed by atoms with E-state index in [0.29, 0.717) is 13.0 Å². The molecule has 0 heterocycles. The number of carboxylic acid groups (broad SMARTS) is 1. The van der Waals surface area contributed by atoms with E-state index in [1.807, 2.05) is 13.0 Å². The summed E-state index contributed by atoms with van der Waals surface area (Å²) >= 11 is 3.55. The number of fused-ring (bicyclic) bond motifs is 3. The third-order valence-corrected chi connectivity index (χ3v) is 6.88.